The average Bonchev–Trinajstić information content (AvgIpc) is 3.13. The van der Waals surface area contributed by atoms with E-state index >= 15 is 0 Å². The van der Waals surface area contributed by atoms with Crippen LogP contribution in [0.2, 0.25) is 0 Å². The third kappa shape index (κ3) is 5.96. The Morgan fingerprint density at radius 3 is 2.26 bits per heavy atom. The van der Waals surface area contributed by atoms with Crippen molar-refractivity contribution in [2.75, 3.05) is 27.2 Å². The Hall–Kier alpha value is -2.60. The largest absolute Gasteiger partial charge is 0.468 e. The Balaban J connectivity index is 1.83. The second-order valence-corrected chi connectivity index (χ2v) is 7.81. The summed E-state index contributed by atoms with van der Waals surface area (Å²) in [5.74, 6) is 0.275. The van der Waals surface area contributed by atoms with Crippen LogP contribution < -0.4 is 10.6 Å². The minimum atomic E-state index is -0.263. The normalized spacial score (nSPS) is 12.7. The summed E-state index contributed by atoms with van der Waals surface area (Å²) in [5.41, 5.74) is 1.73. The monoisotopic (exact) mass is 371 g/mol. The van der Waals surface area contributed by atoms with Gasteiger partial charge in [-0.2, -0.15) is 0 Å². The van der Waals surface area contributed by atoms with Gasteiger partial charge in [-0.25, -0.2) is 0 Å². The lowest BCUT2D eigenvalue weighted by Crippen LogP contribution is -2.40. The molecule has 1 heterocycles. The number of nitrogens with one attached hydrogen (secondary N) is 2. The summed E-state index contributed by atoms with van der Waals surface area (Å²) in [5, 5.41) is 5.49. The highest BCUT2D eigenvalue weighted by molar-refractivity contribution is 5.96. The molecule has 27 heavy (non-hydrogen) atoms. The second kappa shape index (κ2) is 8.86. The minimum Gasteiger partial charge on any atom is -0.468 e. The predicted octanol–water partition coefficient (Wildman–Crippen LogP) is 2.73. The Bertz CT molecular complexity index is 744. The Kier molecular flexibility index (Phi) is 6.80. The zero-order chi connectivity index (χ0) is 20.0. The molecule has 146 valence electrons. The highest BCUT2D eigenvalue weighted by atomic mass is 16.3. The molecule has 0 aliphatic heterocycles. The fourth-order valence-corrected chi connectivity index (χ4v) is 2.68. The molecule has 1 unspecified atom stereocenters. The van der Waals surface area contributed by atoms with Crippen LogP contribution in [0.3, 0.4) is 0 Å². The fraction of sp³-hybridized carbons (Fsp3) is 0.429. The lowest BCUT2D eigenvalue weighted by atomic mass is 9.87. The standard InChI is InChI=1S/C21H29N3O3/c1-21(2,3)16-10-8-15(9-11-16)20(26)23-14-19(25)22-13-17(24(4)5)18-7-6-12-27-18/h6-12,17H,13-14H2,1-5H3,(H,22,25)(H,23,26). The number of benzene rings is 1. The Morgan fingerprint density at radius 2 is 1.74 bits per heavy atom. The van der Waals surface area contributed by atoms with Crippen LogP contribution in [0.4, 0.5) is 0 Å². The summed E-state index contributed by atoms with van der Waals surface area (Å²) < 4.78 is 5.42. The summed E-state index contributed by atoms with van der Waals surface area (Å²) in [6.07, 6.45) is 1.61. The molecule has 6 heteroatoms. The molecule has 0 aliphatic rings. The van der Waals surface area contributed by atoms with Gasteiger partial charge >= 0.3 is 0 Å². The lowest BCUT2D eigenvalue weighted by Gasteiger charge is -2.22. The molecular formula is C21H29N3O3. The third-order valence-electron chi connectivity index (χ3n) is 4.41. The predicted molar refractivity (Wildman–Crippen MR) is 106 cm³/mol. The molecular weight excluding hydrogens is 342 g/mol. The van der Waals surface area contributed by atoms with Crippen LogP contribution in [0.25, 0.3) is 0 Å². The summed E-state index contributed by atoms with van der Waals surface area (Å²) in [7, 11) is 3.84. The SMILES string of the molecule is CN(C)C(CNC(=O)CNC(=O)c1ccc(C(C)(C)C)cc1)c1ccco1. The van der Waals surface area contributed by atoms with Crippen LogP contribution in [-0.4, -0.2) is 43.9 Å². The first kappa shape index (κ1) is 20.7. The van der Waals surface area contributed by atoms with Gasteiger partial charge in [0.15, 0.2) is 0 Å². The Morgan fingerprint density at radius 1 is 1.07 bits per heavy atom. The van der Waals surface area contributed by atoms with Crippen LogP contribution in [0.5, 0.6) is 0 Å². The van der Waals surface area contributed by atoms with Gasteiger partial charge in [0.25, 0.3) is 5.91 Å². The van der Waals surface area contributed by atoms with Gasteiger partial charge in [-0.3, -0.25) is 14.5 Å². The molecule has 0 spiro atoms. The zero-order valence-electron chi connectivity index (χ0n) is 16.7. The van der Waals surface area contributed by atoms with Crippen molar-refractivity contribution >= 4 is 11.8 Å². The third-order valence-corrected chi connectivity index (χ3v) is 4.41. The molecule has 1 aromatic heterocycles. The maximum absolute atomic E-state index is 12.2. The van der Waals surface area contributed by atoms with E-state index in [0.29, 0.717) is 12.1 Å². The summed E-state index contributed by atoms with van der Waals surface area (Å²) in [4.78, 5) is 26.3. The fourth-order valence-electron chi connectivity index (χ4n) is 2.68. The van der Waals surface area contributed by atoms with Gasteiger partial charge in [0.2, 0.25) is 5.91 Å². The quantitative estimate of drug-likeness (QED) is 0.785. The molecule has 1 aromatic carbocycles. The molecule has 0 radical (unpaired) electrons. The zero-order valence-corrected chi connectivity index (χ0v) is 16.7. The van der Waals surface area contributed by atoms with E-state index in [1.165, 1.54) is 0 Å². The van der Waals surface area contributed by atoms with E-state index in [9.17, 15) is 9.59 Å². The van der Waals surface area contributed by atoms with Crippen LogP contribution in [0.15, 0.2) is 47.1 Å². The number of likely N-dealkylation sites (N-methyl/N-ethyl adjacent to an activating group) is 1. The molecule has 0 saturated carbocycles. The van der Waals surface area contributed by atoms with Crippen molar-refractivity contribution in [3.8, 4) is 0 Å². The molecule has 2 aromatic rings. The molecule has 2 N–H and O–H groups in total. The maximum Gasteiger partial charge on any atom is 0.251 e. The number of nitrogens with zero attached hydrogens (tertiary/aromatic N) is 1. The average molecular weight is 371 g/mol. The number of amides is 2. The van der Waals surface area contributed by atoms with E-state index in [0.717, 1.165) is 11.3 Å². The molecule has 0 fully saturated rings. The van der Waals surface area contributed by atoms with E-state index < -0.39 is 0 Å². The van der Waals surface area contributed by atoms with E-state index in [2.05, 4.69) is 31.4 Å². The molecule has 2 rings (SSSR count). The van der Waals surface area contributed by atoms with Gasteiger partial charge < -0.3 is 15.1 Å². The molecule has 2 amide bonds. The van der Waals surface area contributed by atoms with Gasteiger partial charge in [0, 0.05) is 12.1 Å². The number of furan rings is 1. The van der Waals surface area contributed by atoms with Crippen molar-refractivity contribution in [2.24, 2.45) is 0 Å². The smallest absolute Gasteiger partial charge is 0.251 e. The van der Waals surface area contributed by atoms with Crippen LogP contribution >= 0.6 is 0 Å². The van der Waals surface area contributed by atoms with Crippen LogP contribution in [0.1, 0.15) is 48.5 Å². The van der Waals surface area contributed by atoms with Crippen molar-refractivity contribution in [1.82, 2.24) is 15.5 Å². The van der Waals surface area contributed by atoms with Gasteiger partial charge in [-0.15, -0.1) is 0 Å². The topological polar surface area (TPSA) is 74.6 Å². The van der Waals surface area contributed by atoms with Gasteiger partial charge in [-0.1, -0.05) is 32.9 Å². The van der Waals surface area contributed by atoms with Crippen molar-refractivity contribution in [2.45, 2.75) is 32.2 Å². The highest BCUT2D eigenvalue weighted by Gasteiger charge is 2.18. The van der Waals surface area contributed by atoms with E-state index in [1.807, 2.05) is 43.3 Å². The van der Waals surface area contributed by atoms with Crippen molar-refractivity contribution in [3.63, 3.8) is 0 Å². The van der Waals surface area contributed by atoms with E-state index in [4.69, 9.17) is 4.42 Å². The summed E-state index contributed by atoms with van der Waals surface area (Å²) >= 11 is 0. The lowest BCUT2D eigenvalue weighted by molar-refractivity contribution is -0.120. The Labute approximate surface area is 160 Å². The molecule has 0 saturated heterocycles. The minimum absolute atomic E-state index is 0.0336. The number of hydrogen-bond acceptors (Lipinski definition) is 4. The number of carbonyl (C=O) groups is 2. The van der Waals surface area contributed by atoms with E-state index in [-0.39, 0.29) is 29.8 Å². The van der Waals surface area contributed by atoms with Gasteiger partial charge in [0.05, 0.1) is 18.8 Å². The first-order chi connectivity index (χ1) is 12.7. The number of rotatable bonds is 7. The van der Waals surface area contributed by atoms with Crippen LogP contribution in [0, 0.1) is 0 Å². The van der Waals surface area contributed by atoms with Crippen LogP contribution in [-0.2, 0) is 10.2 Å². The van der Waals surface area contributed by atoms with Gasteiger partial charge in [-0.05, 0) is 49.3 Å². The van der Waals surface area contributed by atoms with Gasteiger partial charge in [0.1, 0.15) is 5.76 Å². The molecule has 0 aliphatic carbocycles. The van der Waals surface area contributed by atoms with E-state index in [1.54, 1.807) is 18.4 Å². The molecule has 1 atom stereocenters. The van der Waals surface area contributed by atoms with Crippen molar-refractivity contribution in [3.05, 3.63) is 59.5 Å². The molecule has 6 nitrogen and oxygen atoms in total. The summed E-state index contributed by atoms with van der Waals surface area (Å²) in [6.45, 7) is 6.69. The first-order valence-corrected chi connectivity index (χ1v) is 9.03. The number of carbonyl (C=O) groups excluding carboxylic acids is 2. The maximum atomic E-state index is 12.2. The first-order valence-electron chi connectivity index (χ1n) is 9.03. The molecule has 0 bridgehead atoms. The van der Waals surface area contributed by atoms with Crippen molar-refractivity contribution in [1.29, 1.82) is 0 Å². The number of hydrogen-bond donors (Lipinski definition) is 2. The summed E-state index contributed by atoms with van der Waals surface area (Å²) in [6, 6.07) is 11.1. The highest BCUT2D eigenvalue weighted by Crippen LogP contribution is 2.22. The second-order valence-electron chi connectivity index (χ2n) is 7.81. The van der Waals surface area contributed by atoms with Crippen molar-refractivity contribution < 1.29 is 14.0 Å².